The molecular formula is C23H40N2O11. The van der Waals surface area contributed by atoms with Gasteiger partial charge in [-0.15, -0.1) is 0 Å². The standard InChI is InChI=1S/C23H40N2O11/c1-9(2)18-14(25-12(6)28)19(15(29)13(8-26)34-18)35-23-17(31)16(30)20(33-10(3)4)21(36-23)22(32)24-7-11(5)27/h9-10,13-21,23,26,29-31H,7-8H2,1-6H3,(H,24,32)(H,25,28). The number of hydrogen-bond acceptors (Lipinski definition) is 11. The van der Waals surface area contributed by atoms with Crippen molar-refractivity contribution in [3.8, 4) is 0 Å². The van der Waals surface area contributed by atoms with Crippen LogP contribution >= 0.6 is 0 Å². The van der Waals surface area contributed by atoms with Crippen LogP contribution in [0.15, 0.2) is 0 Å². The Morgan fingerprint density at radius 2 is 1.58 bits per heavy atom. The fraction of sp³-hybridized carbons (Fsp3) is 0.870. The lowest BCUT2D eigenvalue weighted by molar-refractivity contribution is -0.331. The second-order valence-corrected chi connectivity index (χ2v) is 9.86. The zero-order chi connectivity index (χ0) is 27.3. The van der Waals surface area contributed by atoms with Gasteiger partial charge in [0.2, 0.25) is 5.91 Å². The number of aliphatic hydroxyl groups excluding tert-OH is 4. The van der Waals surface area contributed by atoms with Gasteiger partial charge in [0.15, 0.2) is 12.4 Å². The van der Waals surface area contributed by atoms with Crippen LogP contribution in [0.4, 0.5) is 0 Å². The third-order valence-electron chi connectivity index (χ3n) is 6.00. The maximum absolute atomic E-state index is 12.8. The monoisotopic (exact) mass is 520 g/mol. The fourth-order valence-corrected chi connectivity index (χ4v) is 4.36. The minimum absolute atomic E-state index is 0.175. The van der Waals surface area contributed by atoms with E-state index in [1.54, 1.807) is 13.8 Å². The van der Waals surface area contributed by atoms with Crippen LogP contribution in [0.5, 0.6) is 0 Å². The summed E-state index contributed by atoms with van der Waals surface area (Å²) in [6.45, 7) is 8.71. The van der Waals surface area contributed by atoms with E-state index < -0.39 is 85.7 Å². The number of nitrogens with one attached hydrogen (secondary N) is 2. The molecule has 0 aromatic heterocycles. The molecule has 10 atom stereocenters. The molecule has 6 N–H and O–H groups in total. The van der Waals surface area contributed by atoms with Crippen molar-refractivity contribution >= 4 is 17.6 Å². The highest BCUT2D eigenvalue weighted by molar-refractivity contribution is 5.87. The van der Waals surface area contributed by atoms with Gasteiger partial charge in [0, 0.05) is 6.92 Å². The predicted octanol–water partition coefficient (Wildman–Crippen LogP) is -2.40. The molecule has 2 aliphatic rings. The average molecular weight is 521 g/mol. The number of carbonyl (C=O) groups excluding carboxylic acids is 3. The minimum Gasteiger partial charge on any atom is -0.394 e. The van der Waals surface area contributed by atoms with Crippen molar-refractivity contribution < 1.29 is 53.8 Å². The molecule has 2 aliphatic heterocycles. The molecule has 0 radical (unpaired) electrons. The third kappa shape index (κ3) is 7.42. The van der Waals surface area contributed by atoms with Crippen molar-refractivity contribution in [2.75, 3.05) is 13.2 Å². The Labute approximate surface area is 210 Å². The molecule has 208 valence electrons. The summed E-state index contributed by atoms with van der Waals surface area (Å²) < 4.78 is 23.1. The maximum Gasteiger partial charge on any atom is 0.252 e. The van der Waals surface area contributed by atoms with Gasteiger partial charge in [-0.2, -0.15) is 0 Å². The Bertz CT molecular complexity index is 764. The Kier molecular flexibility index (Phi) is 11.2. The summed E-state index contributed by atoms with van der Waals surface area (Å²) in [4.78, 5) is 36.1. The Morgan fingerprint density at radius 3 is 2.08 bits per heavy atom. The first-order valence-electron chi connectivity index (χ1n) is 12.1. The van der Waals surface area contributed by atoms with Crippen LogP contribution in [0.3, 0.4) is 0 Å². The molecule has 0 saturated carbocycles. The van der Waals surface area contributed by atoms with Crippen LogP contribution in [0.25, 0.3) is 0 Å². The number of carbonyl (C=O) groups is 3. The summed E-state index contributed by atoms with van der Waals surface area (Å²) in [6.07, 6.45) is -12.6. The SMILES string of the molecule is CC(=O)CNC(=O)C1OC(OC2C(O)C(CO)OC(C(C)C)C2NC(C)=O)C(O)C(O)C1OC(C)C. The molecule has 0 aliphatic carbocycles. The van der Waals surface area contributed by atoms with Crippen molar-refractivity contribution in [1.82, 2.24) is 10.6 Å². The lowest BCUT2D eigenvalue weighted by atomic mass is 9.87. The van der Waals surface area contributed by atoms with Gasteiger partial charge in [-0.25, -0.2) is 0 Å². The van der Waals surface area contributed by atoms with E-state index in [9.17, 15) is 34.8 Å². The quantitative estimate of drug-likeness (QED) is 0.180. The number of ether oxygens (including phenoxy) is 4. The maximum atomic E-state index is 12.8. The zero-order valence-corrected chi connectivity index (χ0v) is 21.5. The summed E-state index contributed by atoms with van der Waals surface area (Å²) in [6, 6.07) is -0.914. The summed E-state index contributed by atoms with van der Waals surface area (Å²) in [5.41, 5.74) is 0. The number of ketones is 1. The molecule has 2 rings (SSSR count). The van der Waals surface area contributed by atoms with Crippen LogP contribution in [-0.4, -0.2) is 118 Å². The number of aliphatic hydroxyl groups is 4. The average Bonchev–Trinajstić information content (AvgIpc) is 2.78. The number of hydrogen-bond donors (Lipinski definition) is 6. The summed E-state index contributed by atoms with van der Waals surface area (Å²) in [5, 5.41) is 47.3. The number of Topliss-reactive ketones (excluding diaryl/α,β-unsaturated/α-hetero) is 1. The molecule has 2 amide bonds. The highest BCUT2D eigenvalue weighted by Crippen LogP contribution is 2.32. The topological polar surface area (TPSA) is 193 Å². The minimum atomic E-state index is -1.70. The van der Waals surface area contributed by atoms with Crippen molar-refractivity contribution in [2.45, 2.75) is 109 Å². The highest BCUT2D eigenvalue weighted by Gasteiger charge is 2.53. The first kappa shape index (κ1) is 30.5. The summed E-state index contributed by atoms with van der Waals surface area (Å²) in [7, 11) is 0. The van der Waals surface area contributed by atoms with Crippen molar-refractivity contribution in [1.29, 1.82) is 0 Å². The number of amides is 2. The van der Waals surface area contributed by atoms with Gasteiger partial charge in [-0.3, -0.25) is 14.4 Å². The molecule has 10 unspecified atom stereocenters. The van der Waals surface area contributed by atoms with E-state index in [0.717, 1.165) is 0 Å². The molecule has 36 heavy (non-hydrogen) atoms. The third-order valence-corrected chi connectivity index (χ3v) is 6.00. The van der Waals surface area contributed by atoms with E-state index in [-0.39, 0.29) is 18.2 Å². The fourth-order valence-electron chi connectivity index (χ4n) is 4.36. The molecule has 2 fully saturated rings. The first-order chi connectivity index (χ1) is 16.8. The van der Waals surface area contributed by atoms with E-state index in [1.807, 2.05) is 13.8 Å². The lowest BCUT2D eigenvalue weighted by Crippen LogP contribution is -2.69. The van der Waals surface area contributed by atoms with Crippen LogP contribution in [0.2, 0.25) is 0 Å². The Balaban J connectivity index is 2.37. The molecule has 13 nitrogen and oxygen atoms in total. The van der Waals surface area contributed by atoms with Gasteiger partial charge in [-0.05, 0) is 26.7 Å². The first-order valence-corrected chi connectivity index (χ1v) is 12.1. The van der Waals surface area contributed by atoms with Gasteiger partial charge in [0.25, 0.3) is 5.91 Å². The second-order valence-electron chi connectivity index (χ2n) is 9.86. The Morgan fingerprint density at radius 1 is 0.944 bits per heavy atom. The van der Waals surface area contributed by atoms with Crippen LogP contribution in [-0.2, 0) is 33.3 Å². The van der Waals surface area contributed by atoms with Crippen LogP contribution in [0, 0.1) is 5.92 Å². The van der Waals surface area contributed by atoms with Crippen molar-refractivity contribution in [2.24, 2.45) is 5.92 Å². The molecule has 0 spiro atoms. The molecule has 0 aromatic carbocycles. The molecule has 0 bridgehead atoms. The van der Waals surface area contributed by atoms with Crippen LogP contribution in [0.1, 0.15) is 41.5 Å². The van der Waals surface area contributed by atoms with Crippen LogP contribution < -0.4 is 10.6 Å². The smallest absolute Gasteiger partial charge is 0.252 e. The predicted molar refractivity (Wildman–Crippen MR) is 123 cm³/mol. The van der Waals surface area contributed by atoms with Gasteiger partial charge < -0.3 is 50.0 Å². The molecular weight excluding hydrogens is 480 g/mol. The van der Waals surface area contributed by atoms with E-state index >= 15 is 0 Å². The highest BCUT2D eigenvalue weighted by atomic mass is 16.7. The number of rotatable bonds is 10. The van der Waals surface area contributed by atoms with Gasteiger partial charge in [-0.1, -0.05) is 13.8 Å². The summed E-state index contributed by atoms with van der Waals surface area (Å²) in [5.74, 6) is -1.69. The van der Waals surface area contributed by atoms with E-state index in [0.29, 0.717) is 0 Å². The van der Waals surface area contributed by atoms with E-state index in [2.05, 4.69) is 10.6 Å². The molecule has 2 heterocycles. The second kappa shape index (κ2) is 13.2. The van der Waals surface area contributed by atoms with Gasteiger partial charge >= 0.3 is 0 Å². The normalized spacial score (nSPS) is 37.1. The van der Waals surface area contributed by atoms with Gasteiger partial charge in [0.05, 0.1) is 31.4 Å². The van der Waals surface area contributed by atoms with E-state index in [4.69, 9.17) is 18.9 Å². The largest absolute Gasteiger partial charge is 0.394 e. The molecule has 0 aromatic rings. The van der Waals surface area contributed by atoms with Crippen molar-refractivity contribution in [3.05, 3.63) is 0 Å². The molecule has 13 heteroatoms. The molecule has 2 saturated heterocycles. The lowest BCUT2D eigenvalue weighted by Gasteiger charge is -2.49. The Hall–Kier alpha value is -1.71. The zero-order valence-electron chi connectivity index (χ0n) is 21.5. The van der Waals surface area contributed by atoms with Gasteiger partial charge in [0.1, 0.15) is 42.4 Å². The summed E-state index contributed by atoms with van der Waals surface area (Å²) >= 11 is 0. The van der Waals surface area contributed by atoms with Crippen molar-refractivity contribution in [3.63, 3.8) is 0 Å². The van der Waals surface area contributed by atoms with E-state index in [1.165, 1.54) is 13.8 Å².